The predicted octanol–water partition coefficient (Wildman–Crippen LogP) is 3.76. The summed E-state index contributed by atoms with van der Waals surface area (Å²) in [4.78, 5) is 4.60. The smallest absolute Gasteiger partial charge is 0.163 e. The Labute approximate surface area is 127 Å². The maximum absolute atomic E-state index is 14.2. The molecular formula is C15H16ClFN4. The minimum absolute atomic E-state index is 0.311. The summed E-state index contributed by atoms with van der Waals surface area (Å²) in [5.74, 6) is 0.314. The standard InChI is InChI=1S/C15H16ClFN4/c1-4-11-13-15(20(3)19-11)21(14(18-13)9(2)16)12-8-6-5-7-10(12)17/h5-9H,4H2,1-3H3. The third-order valence-corrected chi connectivity index (χ3v) is 3.71. The SMILES string of the molecule is CCc1nn(C)c2c1nc(C(C)Cl)n2-c1ccccc1F. The van der Waals surface area contributed by atoms with Crippen LogP contribution in [0.1, 0.15) is 30.7 Å². The molecule has 0 saturated carbocycles. The summed E-state index contributed by atoms with van der Waals surface area (Å²) in [6.45, 7) is 3.85. The van der Waals surface area contributed by atoms with Gasteiger partial charge in [-0.2, -0.15) is 5.10 Å². The third kappa shape index (κ3) is 2.12. The highest BCUT2D eigenvalue weighted by molar-refractivity contribution is 6.20. The van der Waals surface area contributed by atoms with Crippen LogP contribution in [0.2, 0.25) is 0 Å². The van der Waals surface area contributed by atoms with Crippen molar-refractivity contribution in [2.75, 3.05) is 0 Å². The monoisotopic (exact) mass is 306 g/mol. The van der Waals surface area contributed by atoms with E-state index in [4.69, 9.17) is 11.6 Å². The third-order valence-electron chi connectivity index (χ3n) is 3.51. The fourth-order valence-electron chi connectivity index (χ4n) is 2.57. The second kappa shape index (κ2) is 5.15. The quantitative estimate of drug-likeness (QED) is 0.691. The number of imidazole rings is 1. The number of alkyl halides is 1. The molecule has 6 heteroatoms. The van der Waals surface area contributed by atoms with Gasteiger partial charge in [0.05, 0.1) is 16.8 Å². The van der Waals surface area contributed by atoms with Crippen LogP contribution in [0.4, 0.5) is 4.39 Å². The lowest BCUT2D eigenvalue weighted by atomic mass is 10.3. The molecule has 1 atom stereocenters. The van der Waals surface area contributed by atoms with Crippen LogP contribution in [0.25, 0.3) is 16.9 Å². The van der Waals surface area contributed by atoms with Gasteiger partial charge in [0.25, 0.3) is 0 Å². The summed E-state index contributed by atoms with van der Waals surface area (Å²) >= 11 is 6.25. The van der Waals surface area contributed by atoms with Crippen molar-refractivity contribution in [3.63, 3.8) is 0 Å². The lowest BCUT2D eigenvalue weighted by Crippen LogP contribution is -2.07. The number of benzene rings is 1. The van der Waals surface area contributed by atoms with E-state index in [9.17, 15) is 4.39 Å². The van der Waals surface area contributed by atoms with E-state index in [1.165, 1.54) is 6.07 Å². The summed E-state index contributed by atoms with van der Waals surface area (Å²) in [6, 6.07) is 6.61. The molecule has 0 radical (unpaired) electrons. The maximum Gasteiger partial charge on any atom is 0.163 e. The molecule has 0 aliphatic rings. The molecule has 0 bridgehead atoms. The number of nitrogens with zero attached hydrogens (tertiary/aromatic N) is 4. The van der Waals surface area contributed by atoms with Crippen molar-refractivity contribution in [3.05, 3.63) is 41.6 Å². The van der Waals surface area contributed by atoms with Crippen LogP contribution in [0.15, 0.2) is 24.3 Å². The van der Waals surface area contributed by atoms with Gasteiger partial charge >= 0.3 is 0 Å². The average Bonchev–Trinajstić information content (AvgIpc) is 2.98. The zero-order valence-electron chi connectivity index (χ0n) is 12.1. The van der Waals surface area contributed by atoms with Crippen LogP contribution in [0.5, 0.6) is 0 Å². The zero-order valence-corrected chi connectivity index (χ0v) is 12.9. The highest BCUT2D eigenvalue weighted by atomic mass is 35.5. The Morgan fingerprint density at radius 2 is 2.05 bits per heavy atom. The van der Waals surface area contributed by atoms with Gasteiger partial charge in [0.1, 0.15) is 17.2 Å². The minimum Gasteiger partial charge on any atom is -0.277 e. The van der Waals surface area contributed by atoms with Crippen molar-refractivity contribution in [1.82, 2.24) is 19.3 Å². The minimum atomic E-state index is -0.332. The van der Waals surface area contributed by atoms with Gasteiger partial charge in [-0.3, -0.25) is 4.57 Å². The molecule has 0 aliphatic carbocycles. The molecule has 4 nitrogen and oxygen atoms in total. The fourth-order valence-corrected chi connectivity index (χ4v) is 2.72. The van der Waals surface area contributed by atoms with E-state index in [1.807, 2.05) is 20.9 Å². The Morgan fingerprint density at radius 1 is 1.33 bits per heavy atom. The molecule has 0 saturated heterocycles. The van der Waals surface area contributed by atoms with Crippen LogP contribution in [-0.4, -0.2) is 19.3 Å². The second-order valence-corrected chi connectivity index (χ2v) is 5.62. The molecule has 2 aromatic heterocycles. The van der Waals surface area contributed by atoms with Crippen molar-refractivity contribution in [3.8, 4) is 5.69 Å². The zero-order chi connectivity index (χ0) is 15.1. The molecule has 0 N–H and O–H groups in total. The Balaban J connectivity index is 2.42. The normalized spacial score (nSPS) is 13.0. The van der Waals surface area contributed by atoms with Gasteiger partial charge in [-0.15, -0.1) is 11.6 Å². The molecule has 0 aliphatic heterocycles. The number of hydrogen-bond acceptors (Lipinski definition) is 2. The molecule has 2 heterocycles. The maximum atomic E-state index is 14.2. The Morgan fingerprint density at radius 3 is 2.67 bits per heavy atom. The van der Waals surface area contributed by atoms with E-state index in [0.29, 0.717) is 11.5 Å². The lowest BCUT2D eigenvalue weighted by molar-refractivity contribution is 0.614. The van der Waals surface area contributed by atoms with Crippen molar-refractivity contribution < 1.29 is 4.39 Å². The number of para-hydroxylation sites is 1. The summed E-state index contributed by atoms with van der Waals surface area (Å²) in [5, 5.41) is 4.12. The van der Waals surface area contributed by atoms with Gasteiger partial charge in [-0.1, -0.05) is 19.1 Å². The number of aromatic nitrogens is 4. The van der Waals surface area contributed by atoms with Crippen LogP contribution in [-0.2, 0) is 13.5 Å². The first-order valence-corrected chi connectivity index (χ1v) is 7.31. The first-order chi connectivity index (χ1) is 10.0. The van der Waals surface area contributed by atoms with E-state index >= 15 is 0 Å². The van der Waals surface area contributed by atoms with E-state index in [-0.39, 0.29) is 11.2 Å². The fraction of sp³-hybridized carbons (Fsp3) is 0.333. The number of hydrogen-bond donors (Lipinski definition) is 0. The van der Waals surface area contributed by atoms with Crippen LogP contribution < -0.4 is 0 Å². The molecule has 0 amide bonds. The summed E-state index contributed by atoms with van der Waals surface area (Å²) in [7, 11) is 1.84. The van der Waals surface area contributed by atoms with Crippen LogP contribution in [0, 0.1) is 5.82 Å². The Bertz CT molecular complexity index is 803. The van der Waals surface area contributed by atoms with Gasteiger partial charge in [0, 0.05) is 7.05 Å². The molecule has 1 unspecified atom stereocenters. The van der Waals surface area contributed by atoms with Gasteiger partial charge in [0.15, 0.2) is 5.65 Å². The molecule has 0 spiro atoms. The molecule has 0 fully saturated rings. The molecule has 3 aromatic rings. The number of aryl methyl sites for hydroxylation is 2. The van der Waals surface area contributed by atoms with E-state index < -0.39 is 0 Å². The molecular weight excluding hydrogens is 291 g/mol. The van der Waals surface area contributed by atoms with Gasteiger partial charge in [-0.05, 0) is 25.5 Å². The molecule has 1 aromatic carbocycles. The molecule has 21 heavy (non-hydrogen) atoms. The summed E-state index contributed by atoms with van der Waals surface area (Å²) in [5.41, 5.74) is 2.87. The second-order valence-electron chi connectivity index (χ2n) is 4.97. The number of fused-ring (bicyclic) bond motifs is 1. The van der Waals surface area contributed by atoms with E-state index in [0.717, 1.165) is 23.3 Å². The van der Waals surface area contributed by atoms with Gasteiger partial charge < -0.3 is 0 Å². The number of halogens is 2. The highest BCUT2D eigenvalue weighted by Gasteiger charge is 2.23. The van der Waals surface area contributed by atoms with Crippen molar-refractivity contribution in [2.45, 2.75) is 25.6 Å². The topological polar surface area (TPSA) is 35.6 Å². The Kier molecular flexibility index (Phi) is 3.45. The van der Waals surface area contributed by atoms with Crippen molar-refractivity contribution in [2.24, 2.45) is 7.05 Å². The summed E-state index contributed by atoms with van der Waals surface area (Å²) in [6.07, 6.45) is 0.766. The number of rotatable bonds is 3. The van der Waals surface area contributed by atoms with E-state index in [1.54, 1.807) is 27.4 Å². The van der Waals surface area contributed by atoms with E-state index in [2.05, 4.69) is 10.1 Å². The average molecular weight is 307 g/mol. The van der Waals surface area contributed by atoms with Gasteiger partial charge in [-0.25, -0.2) is 14.1 Å². The first-order valence-electron chi connectivity index (χ1n) is 6.87. The molecule has 110 valence electrons. The predicted molar refractivity (Wildman–Crippen MR) is 81.4 cm³/mol. The highest BCUT2D eigenvalue weighted by Crippen LogP contribution is 2.30. The molecule has 3 rings (SSSR count). The Hall–Kier alpha value is -1.88. The first kappa shape index (κ1) is 14.1. The van der Waals surface area contributed by atoms with Crippen LogP contribution in [0.3, 0.4) is 0 Å². The van der Waals surface area contributed by atoms with Crippen molar-refractivity contribution >= 4 is 22.8 Å². The largest absolute Gasteiger partial charge is 0.277 e. The van der Waals surface area contributed by atoms with Crippen LogP contribution >= 0.6 is 11.6 Å². The van der Waals surface area contributed by atoms with Gasteiger partial charge in [0.2, 0.25) is 0 Å². The van der Waals surface area contributed by atoms with Crippen molar-refractivity contribution in [1.29, 1.82) is 0 Å². The summed E-state index contributed by atoms with van der Waals surface area (Å²) < 4.78 is 17.7. The lowest BCUT2D eigenvalue weighted by Gasteiger charge is -2.11.